The molecule has 6 nitrogen and oxygen atoms in total. The Morgan fingerprint density at radius 3 is 2.19 bits per heavy atom. The van der Waals surface area contributed by atoms with E-state index in [1.807, 2.05) is 18.2 Å². The van der Waals surface area contributed by atoms with E-state index in [-0.39, 0.29) is 35.5 Å². The summed E-state index contributed by atoms with van der Waals surface area (Å²) in [5.74, 6) is -0.659. The molecule has 0 spiro atoms. The molecule has 0 atom stereocenters. The molecule has 0 saturated heterocycles. The highest BCUT2D eigenvalue weighted by atomic mass is 35.5. The largest absolute Gasteiger partial charge is 0.485 e. The third kappa shape index (κ3) is 6.18. The Hall–Kier alpha value is -3.64. The highest BCUT2D eigenvalue weighted by molar-refractivity contribution is 6.31. The van der Waals surface area contributed by atoms with Crippen molar-refractivity contribution in [3.05, 3.63) is 88.9 Å². The van der Waals surface area contributed by atoms with Gasteiger partial charge in [0.1, 0.15) is 5.75 Å². The minimum absolute atomic E-state index is 0.101. The monoisotopic (exact) mass is 450 g/mol. The summed E-state index contributed by atoms with van der Waals surface area (Å²) in [4.78, 5) is 37.0. The lowest BCUT2D eigenvalue weighted by molar-refractivity contribution is -0.118. The van der Waals surface area contributed by atoms with Crippen LogP contribution in [0.1, 0.15) is 34.6 Å². The molecule has 164 valence electrons. The van der Waals surface area contributed by atoms with E-state index < -0.39 is 5.91 Å². The predicted octanol–water partition coefficient (Wildman–Crippen LogP) is 5.45. The summed E-state index contributed by atoms with van der Waals surface area (Å²) in [6.07, 6.45) is 0. The second-order valence-corrected chi connectivity index (χ2v) is 7.83. The molecular formula is C25H23ClN2O4. The maximum Gasteiger partial charge on any atom is 0.259 e. The molecule has 2 N–H and O–H groups in total. The Morgan fingerprint density at radius 1 is 0.875 bits per heavy atom. The molecule has 0 bridgehead atoms. The van der Waals surface area contributed by atoms with Crippen molar-refractivity contribution >= 4 is 40.6 Å². The summed E-state index contributed by atoms with van der Waals surface area (Å²) in [6, 6.07) is 20.2. The second-order valence-electron chi connectivity index (χ2n) is 7.39. The Bertz CT molecular complexity index is 1110. The van der Waals surface area contributed by atoms with Crippen molar-refractivity contribution in [1.29, 1.82) is 0 Å². The molecule has 0 radical (unpaired) electrons. The highest BCUT2D eigenvalue weighted by Gasteiger charge is 2.16. The molecule has 0 unspecified atom stereocenters. The fourth-order valence-corrected chi connectivity index (χ4v) is 2.95. The van der Waals surface area contributed by atoms with Crippen LogP contribution in [0.5, 0.6) is 5.75 Å². The molecule has 0 heterocycles. The van der Waals surface area contributed by atoms with E-state index >= 15 is 0 Å². The quantitative estimate of drug-likeness (QED) is 0.447. The second kappa shape index (κ2) is 10.6. The van der Waals surface area contributed by atoms with Gasteiger partial charge in [-0.1, -0.05) is 43.6 Å². The SMILES string of the molecule is CC(C)C(=O)Nc1ccc(C(=O)COc2ccc(Cl)cc2C(=O)Nc2ccccc2)cc1. The number of ether oxygens (including phenoxy) is 1. The molecule has 32 heavy (non-hydrogen) atoms. The molecule has 7 heteroatoms. The number of carbonyl (C=O) groups excluding carboxylic acids is 3. The van der Waals surface area contributed by atoms with Gasteiger partial charge in [0.2, 0.25) is 5.91 Å². The predicted molar refractivity (Wildman–Crippen MR) is 126 cm³/mol. The molecular weight excluding hydrogens is 428 g/mol. The van der Waals surface area contributed by atoms with Crippen molar-refractivity contribution in [2.75, 3.05) is 17.2 Å². The van der Waals surface area contributed by atoms with Gasteiger partial charge in [0.15, 0.2) is 12.4 Å². The summed E-state index contributed by atoms with van der Waals surface area (Å²) in [7, 11) is 0. The Kier molecular flexibility index (Phi) is 7.63. The first-order valence-electron chi connectivity index (χ1n) is 10.1. The van der Waals surface area contributed by atoms with Gasteiger partial charge in [-0.25, -0.2) is 0 Å². The molecule has 3 rings (SSSR count). The van der Waals surface area contributed by atoms with Crippen molar-refractivity contribution in [2.24, 2.45) is 5.92 Å². The first kappa shape index (κ1) is 23.0. The Morgan fingerprint density at radius 2 is 1.53 bits per heavy atom. The zero-order chi connectivity index (χ0) is 23.1. The maximum atomic E-state index is 12.7. The van der Waals surface area contributed by atoms with Crippen LogP contribution in [0.25, 0.3) is 0 Å². The highest BCUT2D eigenvalue weighted by Crippen LogP contribution is 2.24. The van der Waals surface area contributed by atoms with Crippen molar-refractivity contribution in [3.63, 3.8) is 0 Å². The van der Waals surface area contributed by atoms with Crippen molar-refractivity contribution in [1.82, 2.24) is 0 Å². The number of anilines is 2. The van der Waals surface area contributed by atoms with Gasteiger partial charge in [-0.3, -0.25) is 14.4 Å². The smallest absolute Gasteiger partial charge is 0.259 e. The summed E-state index contributed by atoms with van der Waals surface area (Å²) >= 11 is 6.06. The van der Waals surface area contributed by atoms with E-state index in [0.717, 1.165) is 0 Å². The van der Waals surface area contributed by atoms with Crippen LogP contribution >= 0.6 is 11.6 Å². The molecule has 0 aliphatic rings. The first-order valence-corrected chi connectivity index (χ1v) is 10.4. The molecule has 0 aromatic heterocycles. The normalized spacial score (nSPS) is 10.5. The van der Waals surface area contributed by atoms with E-state index in [2.05, 4.69) is 10.6 Å². The zero-order valence-corrected chi connectivity index (χ0v) is 18.5. The molecule has 3 aromatic carbocycles. The van der Waals surface area contributed by atoms with Gasteiger partial charge in [-0.05, 0) is 54.6 Å². The van der Waals surface area contributed by atoms with E-state index in [1.165, 1.54) is 6.07 Å². The number of ketones is 1. The Balaban J connectivity index is 1.67. The minimum Gasteiger partial charge on any atom is -0.485 e. The van der Waals surface area contributed by atoms with Crippen LogP contribution in [-0.2, 0) is 4.79 Å². The average Bonchev–Trinajstić information content (AvgIpc) is 2.79. The van der Waals surface area contributed by atoms with Crippen molar-refractivity contribution < 1.29 is 19.1 Å². The van der Waals surface area contributed by atoms with Gasteiger partial charge in [0, 0.05) is 27.9 Å². The summed E-state index contributed by atoms with van der Waals surface area (Å²) < 4.78 is 5.65. The van der Waals surface area contributed by atoms with E-state index in [9.17, 15) is 14.4 Å². The van der Waals surface area contributed by atoms with Gasteiger partial charge < -0.3 is 15.4 Å². The topological polar surface area (TPSA) is 84.5 Å². The van der Waals surface area contributed by atoms with Gasteiger partial charge in [0.25, 0.3) is 5.91 Å². The third-order valence-electron chi connectivity index (χ3n) is 4.58. The lowest BCUT2D eigenvalue weighted by atomic mass is 10.1. The van der Waals surface area contributed by atoms with Crippen LogP contribution in [-0.4, -0.2) is 24.2 Å². The van der Waals surface area contributed by atoms with Crippen LogP contribution in [0.4, 0.5) is 11.4 Å². The number of hydrogen-bond acceptors (Lipinski definition) is 4. The zero-order valence-electron chi connectivity index (χ0n) is 17.7. The molecule has 0 saturated carbocycles. The fraction of sp³-hybridized carbons (Fsp3) is 0.160. The molecule has 0 fully saturated rings. The number of Topliss-reactive ketones (excluding diaryl/α,β-unsaturated/α-hetero) is 1. The fourth-order valence-electron chi connectivity index (χ4n) is 2.78. The number of hydrogen-bond donors (Lipinski definition) is 2. The van der Waals surface area contributed by atoms with Gasteiger partial charge in [-0.15, -0.1) is 0 Å². The number of nitrogens with one attached hydrogen (secondary N) is 2. The van der Waals surface area contributed by atoms with E-state index in [0.29, 0.717) is 22.0 Å². The Labute approximate surface area is 191 Å². The number of carbonyl (C=O) groups is 3. The minimum atomic E-state index is -0.397. The van der Waals surface area contributed by atoms with E-state index in [1.54, 1.807) is 62.4 Å². The average molecular weight is 451 g/mol. The van der Waals surface area contributed by atoms with Crippen LogP contribution in [0.15, 0.2) is 72.8 Å². The number of rotatable bonds is 8. The number of halogens is 1. The van der Waals surface area contributed by atoms with Crippen LogP contribution in [0.2, 0.25) is 5.02 Å². The third-order valence-corrected chi connectivity index (χ3v) is 4.81. The number of amides is 2. The van der Waals surface area contributed by atoms with Crippen LogP contribution in [0, 0.1) is 5.92 Å². The lowest BCUT2D eigenvalue weighted by Gasteiger charge is -2.12. The van der Waals surface area contributed by atoms with Gasteiger partial charge >= 0.3 is 0 Å². The summed E-state index contributed by atoms with van der Waals surface area (Å²) in [6.45, 7) is 3.34. The van der Waals surface area contributed by atoms with Gasteiger partial charge in [-0.2, -0.15) is 0 Å². The lowest BCUT2D eigenvalue weighted by Crippen LogP contribution is -2.18. The van der Waals surface area contributed by atoms with Crippen LogP contribution < -0.4 is 15.4 Å². The summed E-state index contributed by atoms with van der Waals surface area (Å²) in [5.41, 5.74) is 1.89. The number of benzene rings is 3. The molecule has 2 amide bonds. The van der Waals surface area contributed by atoms with Crippen molar-refractivity contribution in [3.8, 4) is 5.75 Å². The first-order chi connectivity index (χ1) is 15.3. The molecule has 0 aliphatic heterocycles. The standard InChI is InChI=1S/C25H23ClN2O4/c1-16(2)24(30)27-20-11-8-17(9-12-20)22(29)15-32-23-13-10-18(26)14-21(23)25(31)28-19-6-4-3-5-7-19/h3-14,16H,15H2,1-2H3,(H,27,30)(H,28,31). The van der Waals surface area contributed by atoms with Crippen molar-refractivity contribution in [2.45, 2.75) is 13.8 Å². The summed E-state index contributed by atoms with van der Waals surface area (Å²) in [5, 5.41) is 5.93. The molecule has 0 aliphatic carbocycles. The van der Waals surface area contributed by atoms with Gasteiger partial charge in [0.05, 0.1) is 5.56 Å². The van der Waals surface area contributed by atoms with E-state index in [4.69, 9.17) is 16.3 Å². The number of para-hydroxylation sites is 1. The maximum absolute atomic E-state index is 12.7. The van der Waals surface area contributed by atoms with Crippen LogP contribution in [0.3, 0.4) is 0 Å². The molecule has 3 aromatic rings.